The van der Waals surface area contributed by atoms with Crippen LogP contribution in [0, 0.1) is 11.6 Å². The number of ether oxygens (including phenoxy) is 1. The first-order valence-corrected chi connectivity index (χ1v) is 12.2. The first kappa shape index (κ1) is 28.3. The van der Waals surface area contributed by atoms with Crippen LogP contribution < -0.4 is 15.4 Å². The summed E-state index contributed by atoms with van der Waals surface area (Å²) in [4.78, 5) is 13.2. The number of nitrogens with one attached hydrogen (secondary N) is 2. The van der Waals surface area contributed by atoms with Crippen LogP contribution >= 0.6 is 0 Å². The fourth-order valence-electron chi connectivity index (χ4n) is 4.74. The van der Waals surface area contributed by atoms with Crippen molar-refractivity contribution in [2.75, 3.05) is 0 Å². The molecular weight excluding hydrogens is 529 g/mol. The summed E-state index contributed by atoms with van der Waals surface area (Å²) in [5.74, 6) is -2.66. The van der Waals surface area contributed by atoms with Gasteiger partial charge in [-0.25, -0.2) is 18.0 Å². The fourth-order valence-corrected chi connectivity index (χ4v) is 4.74. The lowest BCUT2D eigenvalue weighted by Gasteiger charge is -2.37. The van der Waals surface area contributed by atoms with E-state index in [-0.39, 0.29) is 24.0 Å². The van der Waals surface area contributed by atoms with Crippen LogP contribution in [0.1, 0.15) is 36.0 Å². The van der Waals surface area contributed by atoms with Gasteiger partial charge in [-0.15, -0.1) is 0 Å². The van der Waals surface area contributed by atoms with Gasteiger partial charge in [0.1, 0.15) is 23.6 Å². The largest absolute Gasteiger partial charge is 0.461 e. The molecule has 0 heterocycles. The van der Waals surface area contributed by atoms with Gasteiger partial charge in [-0.05, 0) is 60.2 Å². The number of hydrogen-bond donors (Lipinski definition) is 2. The number of alkyl halides is 5. The van der Waals surface area contributed by atoms with E-state index in [0.29, 0.717) is 24.5 Å². The molecule has 0 aromatic heterocycles. The average molecular weight is 555 g/mol. The summed E-state index contributed by atoms with van der Waals surface area (Å²) in [5.41, 5.74) is -1.11. The molecule has 39 heavy (non-hydrogen) atoms. The number of carbonyl (C=O) groups excluding carboxylic acids is 1. The van der Waals surface area contributed by atoms with Gasteiger partial charge in [0, 0.05) is 12.5 Å². The van der Waals surface area contributed by atoms with E-state index in [1.54, 1.807) is 30.3 Å². The molecule has 4 nitrogen and oxygen atoms in total. The summed E-state index contributed by atoms with van der Waals surface area (Å²) in [7, 11) is 0. The van der Waals surface area contributed by atoms with Crippen LogP contribution in [0.3, 0.4) is 0 Å². The SMILES string of the molecule is O=C(NC1CCCC1F)NC(Cc1ccccc1)(c1ccc(F)cc1)c1cc(F)cc(OC(F)(F)C(F)F)c1. The Morgan fingerprint density at radius 1 is 0.923 bits per heavy atom. The summed E-state index contributed by atoms with van der Waals surface area (Å²) in [6.07, 6.45) is -9.30. The minimum atomic E-state index is -4.92. The highest BCUT2D eigenvalue weighted by molar-refractivity contribution is 5.76. The lowest BCUT2D eigenvalue weighted by Crippen LogP contribution is -2.54. The van der Waals surface area contributed by atoms with E-state index in [2.05, 4.69) is 15.4 Å². The van der Waals surface area contributed by atoms with Crippen molar-refractivity contribution < 1.29 is 40.3 Å². The van der Waals surface area contributed by atoms with Gasteiger partial charge in [0.2, 0.25) is 0 Å². The van der Waals surface area contributed by atoms with Gasteiger partial charge in [0.15, 0.2) is 0 Å². The molecule has 1 fully saturated rings. The summed E-state index contributed by atoms with van der Waals surface area (Å²) in [6, 6.07) is 14.0. The minimum Gasteiger partial charge on any atom is -0.428 e. The van der Waals surface area contributed by atoms with Crippen LogP contribution in [0.4, 0.5) is 35.5 Å². The molecule has 1 saturated carbocycles. The van der Waals surface area contributed by atoms with Crippen LogP contribution in [-0.2, 0) is 12.0 Å². The second-order valence-electron chi connectivity index (χ2n) is 9.37. The second kappa shape index (κ2) is 11.5. The first-order chi connectivity index (χ1) is 18.5. The molecule has 0 radical (unpaired) electrons. The van der Waals surface area contributed by atoms with Gasteiger partial charge in [-0.3, -0.25) is 0 Å². The molecule has 4 rings (SSSR count). The molecule has 208 valence electrons. The molecule has 3 aromatic carbocycles. The quantitative estimate of drug-likeness (QED) is 0.284. The van der Waals surface area contributed by atoms with Crippen molar-refractivity contribution in [1.29, 1.82) is 0 Å². The van der Waals surface area contributed by atoms with E-state index in [0.717, 1.165) is 24.3 Å². The number of carbonyl (C=O) groups is 1. The summed E-state index contributed by atoms with van der Waals surface area (Å²) < 4.78 is 100. The van der Waals surface area contributed by atoms with Crippen LogP contribution in [0.15, 0.2) is 72.8 Å². The van der Waals surface area contributed by atoms with E-state index in [1.165, 1.54) is 12.1 Å². The van der Waals surface area contributed by atoms with Crippen molar-refractivity contribution in [3.8, 4) is 5.75 Å². The highest BCUT2D eigenvalue weighted by atomic mass is 19.3. The number of amides is 2. The molecule has 3 atom stereocenters. The van der Waals surface area contributed by atoms with Crippen molar-refractivity contribution in [3.05, 3.63) is 101 Å². The Hall–Kier alpha value is -3.76. The van der Waals surface area contributed by atoms with Gasteiger partial charge in [0.25, 0.3) is 0 Å². The highest BCUT2D eigenvalue weighted by Crippen LogP contribution is 2.38. The summed E-state index contributed by atoms with van der Waals surface area (Å²) in [6.45, 7) is 0. The molecule has 0 aliphatic heterocycles. The second-order valence-corrected chi connectivity index (χ2v) is 9.37. The first-order valence-electron chi connectivity index (χ1n) is 12.2. The maximum absolute atomic E-state index is 14.8. The third-order valence-electron chi connectivity index (χ3n) is 6.60. The monoisotopic (exact) mass is 554 g/mol. The Bertz CT molecular complexity index is 1270. The standard InChI is InChI=1S/C28H25F7N2O2/c29-20-11-9-18(10-12-20)27(16-17-5-2-1-3-6-17,37-26(38)36-24-8-4-7-23(24)31)19-13-21(30)15-22(14-19)39-28(34,35)25(32)33/h1-3,5-6,9-15,23-25H,4,7-8,16H2,(H2,36,37,38). The number of hydrogen-bond acceptors (Lipinski definition) is 2. The van der Waals surface area contributed by atoms with Crippen molar-refractivity contribution in [2.45, 2.75) is 56.0 Å². The van der Waals surface area contributed by atoms with Gasteiger partial charge < -0.3 is 15.4 Å². The topological polar surface area (TPSA) is 50.4 Å². The van der Waals surface area contributed by atoms with Crippen molar-refractivity contribution >= 4 is 6.03 Å². The maximum atomic E-state index is 14.8. The molecule has 1 aliphatic carbocycles. The van der Waals surface area contributed by atoms with Crippen molar-refractivity contribution in [3.63, 3.8) is 0 Å². The van der Waals surface area contributed by atoms with Crippen LogP contribution in [0.2, 0.25) is 0 Å². The zero-order chi connectivity index (χ0) is 28.2. The molecule has 3 unspecified atom stereocenters. The predicted molar refractivity (Wildman–Crippen MR) is 130 cm³/mol. The lowest BCUT2D eigenvalue weighted by molar-refractivity contribution is -0.253. The maximum Gasteiger partial charge on any atom is 0.461 e. The van der Waals surface area contributed by atoms with E-state index < -0.39 is 53.7 Å². The fraction of sp³-hybridized carbons (Fsp3) is 0.321. The molecule has 11 heteroatoms. The Kier molecular flexibility index (Phi) is 8.36. The minimum absolute atomic E-state index is 0.106. The van der Waals surface area contributed by atoms with E-state index in [1.807, 2.05) is 0 Å². The Morgan fingerprint density at radius 3 is 2.23 bits per heavy atom. The van der Waals surface area contributed by atoms with E-state index >= 15 is 0 Å². The molecule has 1 aliphatic rings. The molecule has 3 aromatic rings. The van der Waals surface area contributed by atoms with Crippen LogP contribution in [0.5, 0.6) is 5.75 Å². The third-order valence-corrected chi connectivity index (χ3v) is 6.60. The number of benzene rings is 3. The Labute approximate surface area is 220 Å². The smallest absolute Gasteiger partial charge is 0.428 e. The molecule has 0 spiro atoms. The van der Waals surface area contributed by atoms with Gasteiger partial charge in [-0.1, -0.05) is 42.5 Å². The van der Waals surface area contributed by atoms with Crippen molar-refractivity contribution in [2.24, 2.45) is 0 Å². The zero-order valence-corrected chi connectivity index (χ0v) is 20.5. The summed E-state index contributed by atoms with van der Waals surface area (Å²) in [5, 5.41) is 5.28. The number of urea groups is 1. The molecule has 0 bridgehead atoms. The van der Waals surface area contributed by atoms with Crippen LogP contribution in [0.25, 0.3) is 0 Å². The third kappa shape index (κ3) is 6.63. The van der Waals surface area contributed by atoms with Gasteiger partial charge in [-0.2, -0.15) is 17.6 Å². The average Bonchev–Trinajstić information content (AvgIpc) is 3.27. The lowest BCUT2D eigenvalue weighted by atomic mass is 9.77. The van der Waals surface area contributed by atoms with Gasteiger partial charge >= 0.3 is 18.6 Å². The predicted octanol–water partition coefficient (Wildman–Crippen LogP) is 6.88. The molecule has 0 saturated heterocycles. The zero-order valence-electron chi connectivity index (χ0n) is 20.5. The summed E-state index contributed by atoms with van der Waals surface area (Å²) >= 11 is 0. The van der Waals surface area contributed by atoms with Gasteiger partial charge in [0.05, 0.1) is 11.6 Å². The normalized spacial score (nSPS) is 19.0. The van der Waals surface area contributed by atoms with Crippen LogP contribution in [-0.4, -0.2) is 30.8 Å². The Balaban J connectivity index is 1.86. The van der Waals surface area contributed by atoms with E-state index in [9.17, 15) is 35.5 Å². The number of halogens is 7. The molecular formula is C28H25F7N2O2. The van der Waals surface area contributed by atoms with E-state index in [4.69, 9.17) is 0 Å². The number of rotatable bonds is 9. The van der Waals surface area contributed by atoms with Crippen molar-refractivity contribution in [1.82, 2.24) is 10.6 Å². The Morgan fingerprint density at radius 2 is 1.62 bits per heavy atom. The molecule has 2 amide bonds. The highest BCUT2D eigenvalue weighted by Gasteiger charge is 2.45. The molecule has 2 N–H and O–H groups in total.